The van der Waals surface area contributed by atoms with E-state index in [9.17, 15) is 13.6 Å². The lowest BCUT2D eigenvalue weighted by atomic mass is 10.3. The number of rotatable bonds is 6. The summed E-state index contributed by atoms with van der Waals surface area (Å²) >= 11 is 0. The van der Waals surface area contributed by atoms with E-state index in [4.69, 9.17) is 10.5 Å². The SMILES string of the molecule is CN(CCCN)C(=O)COc1ccc(F)cc1F. The van der Waals surface area contributed by atoms with Gasteiger partial charge in [-0.1, -0.05) is 0 Å². The van der Waals surface area contributed by atoms with Gasteiger partial charge in [-0.25, -0.2) is 8.78 Å². The number of ether oxygens (including phenoxy) is 1. The number of hydrogen-bond acceptors (Lipinski definition) is 3. The number of benzene rings is 1. The minimum atomic E-state index is -0.826. The highest BCUT2D eigenvalue weighted by molar-refractivity contribution is 5.77. The molecule has 0 radical (unpaired) electrons. The minimum absolute atomic E-state index is 0.142. The highest BCUT2D eigenvalue weighted by atomic mass is 19.1. The Morgan fingerprint density at radius 1 is 1.44 bits per heavy atom. The fourth-order valence-corrected chi connectivity index (χ4v) is 1.30. The van der Waals surface area contributed by atoms with Crippen LogP contribution in [-0.2, 0) is 4.79 Å². The Hall–Kier alpha value is -1.69. The number of likely N-dealkylation sites (N-methyl/N-ethyl adjacent to an activating group) is 1. The minimum Gasteiger partial charge on any atom is -0.481 e. The topological polar surface area (TPSA) is 55.6 Å². The molecule has 0 heterocycles. The van der Waals surface area contributed by atoms with Gasteiger partial charge in [0.05, 0.1) is 0 Å². The van der Waals surface area contributed by atoms with E-state index >= 15 is 0 Å². The molecule has 0 aromatic heterocycles. The largest absolute Gasteiger partial charge is 0.481 e. The van der Waals surface area contributed by atoms with Gasteiger partial charge in [0.1, 0.15) is 5.82 Å². The van der Waals surface area contributed by atoms with E-state index in [-0.39, 0.29) is 18.3 Å². The molecule has 1 rings (SSSR count). The lowest BCUT2D eigenvalue weighted by molar-refractivity contribution is -0.132. The Morgan fingerprint density at radius 3 is 2.78 bits per heavy atom. The molecule has 0 fully saturated rings. The van der Waals surface area contributed by atoms with Crippen molar-refractivity contribution in [2.45, 2.75) is 6.42 Å². The second kappa shape index (κ2) is 6.90. The number of carbonyl (C=O) groups excluding carboxylic acids is 1. The molecule has 6 heteroatoms. The van der Waals surface area contributed by atoms with Gasteiger partial charge in [0.2, 0.25) is 0 Å². The van der Waals surface area contributed by atoms with E-state index in [0.717, 1.165) is 12.1 Å². The van der Waals surface area contributed by atoms with E-state index in [1.807, 2.05) is 0 Å². The second-order valence-electron chi connectivity index (χ2n) is 3.82. The van der Waals surface area contributed by atoms with Gasteiger partial charge in [0.25, 0.3) is 5.91 Å². The van der Waals surface area contributed by atoms with Crippen molar-refractivity contribution in [1.82, 2.24) is 4.90 Å². The van der Waals surface area contributed by atoms with Crippen LogP contribution in [0.3, 0.4) is 0 Å². The highest BCUT2D eigenvalue weighted by Crippen LogP contribution is 2.17. The van der Waals surface area contributed by atoms with Crippen molar-refractivity contribution in [1.29, 1.82) is 0 Å². The summed E-state index contributed by atoms with van der Waals surface area (Å²) < 4.78 is 30.8. The smallest absolute Gasteiger partial charge is 0.260 e. The number of nitrogens with zero attached hydrogens (tertiary/aromatic N) is 1. The third kappa shape index (κ3) is 4.29. The van der Waals surface area contributed by atoms with Gasteiger partial charge >= 0.3 is 0 Å². The molecule has 0 saturated heterocycles. The van der Waals surface area contributed by atoms with Crippen molar-refractivity contribution < 1.29 is 18.3 Å². The van der Waals surface area contributed by atoms with Crippen LogP contribution in [0.1, 0.15) is 6.42 Å². The summed E-state index contributed by atoms with van der Waals surface area (Å²) in [5.41, 5.74) is 5.32. The molecule has 4 nitrogen and oxygen atoms in total. The normalized spacial score (nSPS) is 10.2. The molecular weight excluding hydrogens is 242 g/mol. The van der Waals surface area contributed by atoms with Crippen LogP contribution < -0.4 is 10.5 Å². The van der Waals surface area contributed by atoms with Crippen LogP contribution in [0.4, 0.5) is 8.78 Å². The zero-order chi connectivity index (χ0) is 13.5. The Balaban J connectivity index is 2.47. The van der Waals surface area contributed by atoms with Crippen LogP contribution in [0, 0.1) is 11.6 Å². The molecule has 2 N–H and O–H groups in total. The average molecular weight is 258 g/mol. The molecular formula is C12H16F2N2O2. The fourth-order valence-electron chi connectivity index (χ4n) is 1.30. The summed E-state index contributed by atoms with van der Waals surface area (Å²) in [5.74, 6) is -1.94. The zero-order valence-electron chi connectivity index (χ0n) is 10.2. The maximum Gasteiger partial charge on any atom is 0.260 e. The van der Waals surface area contributed by atoms with Crippen molar-refractivity contribution in [2.24, 2.45) is 5.73 Å². The Bertz CT molecular complexity index is 413. The van der Waals surface area contributed by atoms with E-state index in [1.54, 1.807) is 7.05 Å². The lowest BCUT2D eigenvalue weighted by Gasteiger charge is -2.17. The van der Waals surface area contributed by atoms with Gasteiger partial charge in [0.15, 0.2) is 18.2 Å². The first-order valence-corrected chi connectivity index (χ1v) is 5.56. The van der Waals surface area contributed by atoms with Crippen LogP contribution in [0.2, 0.25) is 0 Å². The summed E-state index contributed by atoms with van der Waals surface area (Å²) in [7, 11) is 1.61. The molecule has 100 valence electrons. The first-order valence-electron chi connectivity index (χ1n) is 5.56. The van der Waals surface area contributed by atoms with Crippen molar-refractivity contribution in [3.05, 3.63) is 29.8 Å². The van der Waals surface area contributed by atoms with Gasteiger partial charge in [-0.05, 0) is 25.1 Å². The van der Waals surface area contributed by atoms with E-state index in [0.29, 0.717) is 25.6 Å². The lowest BCUT2D eigenvalue weighted by Crippen LogP contribution is -2.33. The van der Waals surface area contributed by atoms with Crippen LogP contribution >= 0.6 is 0 Å². The van der Waals surface area contributed by atoms with Crippen LogP contribution in [-0.4, -0.2) is 37.6 Å². The third-order valence-electron chi connectivity index (χ3n) is 2.37. The first-order chi connectivity index (χ1) is 8.54. The predicted molar refractivity (Wildman–Crippen MR) is 63.2 cm³/mol. The third-order valence-corrected chi connectivity index (χ3v) is 2.37. The predicted octanol–water partition coefficient (Wildman–Crippen LogP) is 1.15. The molecule has 1 aromatic rings. The van der Waals surface area contributed by atoms with E-state index < -0.39 is 11.6 Å². The quantitative estimate of drug-likeness (QED) is 0.832. The molecule has 0 unspecified atom stereocenters. The van der Waals surface area contributed by atoms with Gasteiger partial charge < -0.3 is 15.4 Å². The average Bonchev–Trinajstić information content (AvgIpc) is 2.34. The Labute approximate surface area is 104 Å². The standard InChI is InChI=1S/C12H16F2N2O2/c1-16(6-2-5-15)12(17)8-18-11-4-3-9(13)7-10(11)14/h3-4,7H,2,5-6,8,15H2,1H3. The van der Waals surface area contributed by atoms with E-state index in [2.05, 4.69) is 0 Å². The molecule has 0 bridgehead atoms. The highest BCUT2D eigenvalue weighted by Gasteiger charge is 2.11. The van der Waals surface area contributed by atoms with Crippen molar-refractivity contribution in [3.63, 3.8) is 0 Å². The number of halogens is 2. The molecule has 0 aliphatic rings. The van der Waals surface area contributed by atoms with Gasteiger partial charge in [-0.15, -0.1) is 0 Å². The fraction of sp³-hybridized carbons (Fsp3) is 0.417. The molecule has 0 spiro atoms. The van der Waals surface area contributed by atoms with Crippen LogP contribution in [0.15, 0.2) is 18.2 Å². The van der Waals surface area contributed by atoms with E-state index in [1.165, 1.54) is 4.90 Å². The molecule has 1 aromatic carbocycles. The molecule has 18 heavy (non-hydrogen) atoms. The zero-order valence-corrected chi connectivity index (χ0v) is 10.2. The summed E-state index contributed by atoms with van der Waals surface area (Å²) in [5, 5.41) is 0. The molecule has 0 atom stereocenters. The van der Waals surface area contributed by atoms with Crippen molar-refractivity contribution >= 4 is 5.91 Å². The van der Waals surface area contributed by atoms with Crippen molar-refractivity contribution in [3.8, 4) is 5.75 Å². The maximum absolute atomic E-state index is 13.2. The first kappa shape index (κ1) is 14.4. The van der Waals surface area contributed by atoms with Crippen molar-refractivity contribution in [2.75, 3.05) is 26.7 Å². The van der Waals surface area contributed by atoms with Crippen LogP contribution in [0.25, 0.3) is 0 Å². The van der Waals surface area contributed by atoms with Gasteiger partial charge in [-0.2, -0.15) is 0 Å². The second-order valence-corrected chi connectivity index (χ2v) is 3.82. The van der Waals surface area contributed by atoms with Gasteiger partial charge in [0, 0.05) is 19.7 Å². The molecule has 0 aliphatic carbocycles. The number of nitrogens with two attached hydrogens (primary N) is 1. The summed E-state index contributed by atoms with van der Waals surface area (Å²) in [4.78, 5) is 13.0. The summed E-state index contributed by atoms with van der Waals surface area (Å²) in [6.45, 7) is 0.722. The number of hydrogen-bond donors (Lipinski definition) is 1. The Kier molecular flexibility index (Phi) is 5.51. The Morgan fingerprint density at radius 2 is 2.17 bits per heavy atom. The monoisotopic (exact) mass is 258 g/mol. The maximum atomic E-state index is 13.2. The molecule has 1 amide bonds. The van der Waals surface area contributed by atoms with Gasteiger partial charge in [-0.3, -0.25) is 4.79 Å². The summed E-state index contributed by atoms with van der Waals surface area (Å²) in [6, 6.07) is 2.93. The number of carbonyl (C=O) groups is 1. The number of amides is 1. The summed E-state index contributed by atoms with van der Waals surface area (Å²) in [6.07, 6.45) is 0.688. The molecule has 0 saturated carbocycles. The van der Waals surface area contributed by atoms with Crippen LogP contribution in [0.5, 0.6) is 5.75 Å². The molecule has 0 aliphatic heterocycles.